The molecule has 0 amide bonds. The summed E-state index contributed by atoms with van der Waals surface area (Å²) in [7, 11) is -3.88. The molecule has 28 heavy (non-hydrogen) atoms. The lowest BCUT2D eigenvalue weighted by atomic mass is 10.0. The van der Waals surface area contributed by atoms with Crippen LogP contribution in [0.4, 0.5) is 13.2 Å². The van der Waals surface area contributed by atoms with E-state index in [0.29, 0.717) is 5.56 Å². The van der Waals surface area contributed by atoms with Gasteiger partial charge in [-0.15, -0.1) is 0 Å². The highest BCUT2D eigenvalue weighted by molar-refractivity contribution is 7.89. The lowest BCUT2D eigenvalue weighted by Crippen LogP contribution is -2.45. The second-order valence-corrected chi connectivity index (χ2v) is 8.19. The van der Waals surface area contributed by atoms with E-state index in [0.717, 1.165) is 0 Å². The van der Waals surface area contributed by atoms with Gasteiger partial charge in [-0.2, -0.15) is 13.2 Å². The molecule has 150 valence electrons. The van der Waals surface area contributed by atoms with Crippen LogP contribution in [0.5, 0.6) is 0 Å². The summed E-state index contributed by atoms with van der Waals surface area (Å²) in [6, 6.07) is 12.0. The highest BCUT2D eigenvalue weighted by atomic mass is 35.5. The van der Waals surface area contributed by atoms with Crippen LogP contribution in [-0.4, -0.2) is 31.2 Å². The monoisotopic (exact) mass is 434 g/mol. The fraction of sp³-hybridized carbons (Fsp3) is 0.235. The third kappa shape index (κ3) is 4.14. The van der Waals surface area contributed by atoms with Crippen molar-refractivity contribution < 1.29 is 31.5 Å². The minimum atomic E-state index is -5.00. The number of hydrogen-bond acceptors (Lipinski definition) is 5. The first kappa shape index (κ1) is 20.6. The zero-order chi connectivity index (χ0) is 20.6. The maximum absolute atomic E-state index is 12.8. The normalized spacial score (nSPS) is 20.0. The van der Waals surface area contributed by atoms with Gasteiger partial charge in [-0.1, -0.05) is 47.1 Å². The molecule has 1 aliphatic heterocycles. The van der Waals surface area contributed by atoms with E-state index < -0.39 is 28.4 Å². The van der Waals surface area contributed by atoms with Crippen LogP contribution in [0.25, 0.3) is 0 Å². The van der Waals surface area contributed by atoms with E-state index in [1.165, 1.54) is 36.4 Å². The SMILES string of the molecule is O=S(=O)(NCc1cccc(C2=NOC(O)(C(F)(F)F)C2)c1)c1ccccc1Cl. The summed E-state index contributed by atoms with van der Waals surface area (Å²) in [6.45, 7) is -0.126. The van der Waals surface area contributed by atoms with E-state index in [1.807, 2.05) is 0 Å². The Hall–Kier alpha value is -2.14. The molecule has 6 nitrogen and oxygen atoms in total. The summed E-state index contributed by atoms with van der Waals surface area (Å²) in [4.78, 5) is 4.10. The molecule has 0 radical (unpaired) electrons. The van der Waals surface area contributed by atoms with Crippen molar-refractivity contribution in [2.45, 2.75) is 29.8 Å². The molecule has 0 aliphatic carbocycles. The van der Waals surface area contributed by atoms with Crippen molar-refractivity contribution in [2.24, 2.45) is 5.16 Å². The second kappa shape index (κ2) is 7.36. The number of oxime groups is 1. The van der Waals surface area contributed by atoms with Crippen LogP contribution < -0.4 is 4.72 Å². The van der Waals surface area contributed by atoms with E-state index in [-0.39, 0.29) is 27.7 Å². The molecule has 1 unspecified atom stereocenters. The molecular formula is C17H14ClF3N2O4S. The smallest absolute Gasteiger partial charge is 0.350 e. The van der Waals surface area contributed by atoms with Gasteiger partial charge in [0.2, 0.25) is 10.0 Å². The predicted molar refractivity (Wildman–Crippen MR) is 95.2 cm³/mol. The minimum Gasteiger partial charge on any atom is -0.350 e. The number of hydrogen-bond donors (Lipinski definition) is 2. The van der Waals surface area contributed by atoms with Crippen LogP contribution in [-0.2, 0) is 21.4 Å². The van der Waals surface area contributed by atoms with Crippen molar-refractivity contribution in [2.75, 3.05) is 0 Å². The fourth-order valence-corrected chi connectivity index (χ4v) is 4.04. The Bertz CT molecular complexity index is 1030. The number of sulfonamides is 1. The fourth-order valence-electron chi connectivity index (χ4n) is 2.51. The summed E-state index contributed by atoms with van der Waals surface area (Å²) >= 11 is 5.90. The van der Waals surface area contributed by atoms with E-state index in [1.54, 1.807) is 12.1 Å². The van der Waals surface area contributed by atoms with Gasteiger partial charge in [-0.05, 0) is 29.3 Å². The van der Waals surface area contributed by atoms with Crippen molar-refractivity contribution in [3.63, 3.8) is 0 Å². The summed E-state index contributed by atoms with van der Waals surface area (Å²) in [6.07, 6.45) is -5.87. The number of alkyl halides is 3. The predicted octanol–water partition coefficient (Wildman–Crippen LogP) is 3.19. The van der Waals surface area contributed by atoms with Crippen molar-refractivity contribution in [1.82, 2.24) is 4.72 Å². The standard InChI is InChI=1S/C17H14ClF3N2O4S/c18-13-6-1-2-7-15(13)28(25,26)22-10-11-4-3-5-12(8-11)14-9-16(24,27-23-14)17(19,20)21/h1-8,22,24H,9-10H2. The van der Waals surface area contributed by atoms with Gasteiger partial charge in [0.25, 0.3) is 0 Å². The Balaban J connectivity index is 1.74. The largest absolute Gasteiger partial charge is 0.458 e. The zero-order valence-electron chi connectivity index (χ0n) is 14.1. The Morgan fingerprint density at radius 2 is 1.93 bits per heavy atom. The first-order chi connectivity index (χ1) is 13.0. The van der Waals surface area contributed by atoms with Gasteiger partial charge in [0.15, 0.2) is 0 Å². The molecule has 0 saturated heterocycles. The number of halogens is 4. The van der Waals surface area contributed by atoms with Crippen molar-refractivity contribution >= 4 is 27.3 Å². The van der Waals surface area contributed by atoms with Gasteiger partial charge in [-0.25, -0.2) is 13.1 Å². The third-order valence-electron chi connectivity index (χ3n) is 4.01. The van der Waals surface area contributed by atoms with Crippen LogP contribution in [0.2, 0.25) is 5.02 Å². The highest BCUT2D eigenvalue weighted by Gasteiger charge is 2.60. The van der Waals surface area contributed by atoms with E-state index >= 15 is 0 Å². The quantitative estimate of drug-likeness (QED) is 0.756. The van der Waals surface area contributed by atoms with Crippen molar-refractivity contribution in [3.8, 4) is 0 Å². The Labute approximate surface area is 163 Å². The van der Waals surface area contributed by atoms with Gasteiger partial charge in [0.1, 0.15) is 4.90 Å². The number of aliphatic hydroxyl groups is 1. The van der Waals surface area contributed by atoms with Crippen LogP contribution in [0.1, 0.15) is 17.5 Å². The molecule has 2 aromatic rings. The second-order valence-electron chi connectivity index (χ2n) is 6.04. The Morgan fingerprint density at radius 1 is 1.21 bits per heavy atom. The molecule has 0 bridgehead atoms. The molecule has 0 spiro atoms. The molecule has 2 aromatic carbocycles. The van der Waals surface area contributed by atoms with Crippen LogP contribution in [0, 0.1) is 0 Å². The Morgan fingerprint density at radius 3 is 2.57 bits per heavy atom. The molecule has 1 aliphatic rings. The maximum Gasteiger partial charge on any atom is 0.458 e. The molecule has 2 N–H and O–H groups in total. The van der Waals surface area contributed by atoms with Gasteiger partial charge in [0.05, 0.1) is 17.2 Å². The number of nitrogens with one attached hydrogen (secondary N) is 1. The van der Waals surface area contributed by atoms with E-state index in [4.69, 9.17) is 11.6 Å². The molecule has 0 saturated carbocycles. The zero-order valence-corrected chi connectivity index (χ0v) is 15.6. The average Bonchev–Trinajstić information content (AvgIpc) is 3.04. The lowest BCUT2D eigenvalue weighted by molar-refractivity contribution is -0.355. The summed E-state index contributed by atoms with van der Waals surface area (Å²) in [5, 5.41) is 12.9. The summed E-state index contributed by atoms with van der Waals surface area (Å²) in [5.41, 5.74) is 0.642. The van der Waals surface area contributed by atoms with Crippen LogP contribution in [0.15, 0.2) is 58.6 Å². The maximum atomic E-state index is 12.8. The number of benzene rings is 2. The molecular weight excluding hydrogens is 421 g/mol. The summed E-state index contributed by atoms with van der Waals surface area (Å²) in [5.74, 6) is -3.37. The van der Waals surface area contributed by atoms with Gasteiger partial charge in [0, 0.05) is 6.54 Å². The van der Waals surface area contributed by atoms with Crippen molar-refractivity contribution in [3.05, 3.63) is 64.7 Å². The lowest BCUT2D eigenvalue weighted by Gasteiger charge is -2.22. The average molecular weight is 435 g/mol. The Kier molecular flexibility index (Phi) is 5.41. The molecule has 0 aromatic heterocycles. The first-order valence-corrected chi connectivity index (χ1v) is 9.76. The van der Waals surface area contributed by atoms with Crippen LogP contribution in [0.3, 0.4) is 0 Å². The molecule has 1 atom stereocenters. The van der Waals surface area contributed by atoms with Gasteiger partial charge < -0.3 is 9.94 Å². The van der Waals surface area contributed by atoms with Gasteiger partial charge in [-0.3, -0.25) is 0 Å². The molecule has 3 rings (SSSR count). The molecule has 0 fully saturated rings. The minimum absolute atomic E-state index is 0.0626. The van der Waals surface area contributed by atoms with Crippen LogP contribution >= 0.6 is 11.6 Å². The van der Waals surface area contributed by atoms with Gasteiger partial charge >= 0.3 is 12.0 Å². The third-order valence-corrected chi connectivity index (χ3v) is 5.91. The van der Waals surface area contributed by atoms with E-state index in [9.17, 15) is 26.7 Å². The highest BCUT2D eigenvalue weighted by Crippen LogP contribution is 2.39. The van der Waals surface area contributed by atoms with E-state index in [2.05, 4.69) is 14.7 Å². The summed E-state index contributed by atoms with van der Waals surface area (Å²) < 4.78 is 65.6. The number of nitrogens with zero attached hydrogens (tertiary/aromatic N) is 1. The van der Waals surface area contributed by atoms with Crippen molar-refractivity contribution in [1.29, 1.82) is 0 Å². The number of rotatable bonds is 5. The topological polar surface area (TPSA) is 88.0 Å². The molecule has 1 heterocycles. The molecule has 11 heteroatoms. The first-order valence-electron chi connectivity index (χ1n) is 7.89.